The van der Waals surface area contributed by atoms with Crippen molar-refractivity contribution < 1.29 is 9.46 Å². The predicted molar refractivity (Wildman–Crippen MR) is 67.7 cm³/mol. The molecule has 0 aliphatic heterocycles. The van der Waals surface area contributed by atoms with Crippen LogP contribution in [0.25, 0.3) is 0 Å². The Kier molecular flexibility index (Phi) is 7.02. The first-order valence-electron chi connectivity index (χ1n) is 4.91. The van der Waals surface area contributed by atoms with E-state index in [0.717, 1.165) is 0 Å². The highest BCUT2D eigenvalue weighted by Gasteiger charge is 1.99. The van der Waals surface area contributed by atoms with Gasteiger partial charge >= 0.3 is 29.1 Å². The van der Waals surface area contributed by atoms with Crippen LogP contribution in [0.3, 0.4) is 0 Å². The van der Waals surface area contributed by atoms with Gasteiger partial charge in [0.25, 0.3) is 0 Å². The summed E-state index contributed by atoms with van der Waals surface area (Å²) in [7, 11) is -0.833. The lowest BCUT2D eigenvalue weighted by atomic mass is 10.4. The molecule has 0 aliphatic rings. The molecule has 0 atom stereocenters. The molecule has 0 unspecified atom stereocenters. The van der Waals surface area contributed by atoms with Gasteiger partial charge in [-0.3, -0.25) is 0 Å². The van der Waals surface area contributed by atoms with E-state index in [9.17, 15) is 0 Å². The molecule has 2 rings (SSSR count). The lowest BCUT2D eigenvalue weighted by molar-refractivity contribution is 0.524. The summed E-state index contributed by atoms with van der Waals surface area (Å²) in [6, 6.07) is 21.5. The fourth-order valence-corrected chi connectivity index (χ4v) is 2.91. The minimum atomic E-state index is -0.833. The summed E-state index contributed by atoms with van der Waals surface area (Å²) in [6.07, 6.45) is 0. The van der Waals surface area contributed by atoms with Crippen molar-refractivity contribution in [2.75, 3.05) is 0 Å². The summed E-state index contributed by atoms with van der Waals surface area (Å²) in [6.45, 7) is 0. The van der Waals surface area contributed by atoms with Crippen molar-refractivity contribution >= 4 is 36.4 Å². The van der Waals surface area contributed by atoms with Gasteiger partial charge in [-0.25, -0.2) is 4.57 Å². The van der Waals surface area contributed by atoms with Gasteiger partial charge in [0.05, 0.1) is 0 Å². The maximum Gasteiger partial charge on any atom is 0.450 e. The summed E-state index contributed by atoms with van der Waals surface area (Å²) in [5.74, 6) is 0. The summed E-state index contributed by atoms with van der Waals surface area (Å²) in [4.78, 5) is 6.99. The van der Waals surface area contributed by atoms with Crippen molar-refractivity contribution in [1.29, 1.82) is 0 Å². The van der Waals surface area contributed by atoms with E-state index >= 15 is 0 Å². The van der Waals surface area contributed by atoms with Gasteiger partial charge in [-0.2, -0.15) is 7.39 Å². The lowest BCUT2D eigenvalue weighted by Crippen LogP contribution is -2.26. The van der Waals surface area contributed by atoms with Gasteiger partial charge in [0.1, 0.15) is 0 Å². The average molecular weight is 242 g/mol. The second-order valence-corrected chi connectivity index (χ2v) is 5.38. The van der Waals surface area contributed by atoms with Gasteiger partial charge in [-0.05, 0) is 0 Å². The summed E-state index contributed by atoms with van der Waals surface area (Å²) in [5.41, 5.74) is 0. The molecular formula is C12H11MgO2P. The molecule has 0 fully saturated rings. The molecular weight excluding hydrogens is 231 g/mol. The SMILES string of the molecule is O=PO.c1cc[c]([Mg][c]2ccccc2)cc1. The minimum Gasteiger partial charge on any atom is -0.310 e. The third kappa shape index (κ3) is 5.38. The monoisotopic (exact) mass is 242 g/mol. The van der Waals surface area contributed by atoms with Crippen LogP contribution in [0.1, 0.15) is 0 Å². The fraction of sp³-hybridized carbons (Fsp3) is 0. The molecule has 0 aliphatic carbocycles. The van der Waals surface area contributed by atoms with Gasteiger partial charge in [-0.15, -0.1) is 0 Å². The second kappa shape index (κ2) is 8.42. The first-order valence-corrected chi connectivity index (χ1v) is 7.09. The van der Waals surface area contributed by atoms with E-state index in [4.69, 9.17) is 9.46 Å². The zero-order valence-electron chi connectivity index (χ0n) is 8.78. The van der Waals surface area contributed by atoms with Crippen LogP contribution in [0, 0.1) is 0 Å². The summed E-state index contributed by atoms with van der Waals surface area (Å²) in [5, 5.41) is 0. The molecule has 4 heteroatoms. The van der Waals surface area contributed by atoms with Crippen molar-refractivity contribution in [3.63, 3.8) is 0 Å². The maximum absolute atomic E-state index is 8.46. The number of rotatable bonds is 2. The first-order chi connectivity index (χ1) is 7.86. The smallest absolute Gasteiger partial charge is 0.310 e. The van der Waals surface area contributed by atoms with Crippen molar-refractivity contribution in [2.45, 2.75) is 0 Å². The van der Waals surface area contributed by atoms with Gasteiger partial charge in [0.15, 0.2) is 0 Å². The van der Waals surface area contributed by atoms with Gasteiger partial charge in [0.2, 0.25) is 0 Å². The molecule has 0 amide bonds. The predicted octanol–water partition coefficient (Wildman–Crippen LogP) is 1.53. The van der Waals surface area contributed by atoms with Gasteiger partial charge < -0.3 is 4.89 Å². The first kappa shape index (κ1) is 13.3. The van der Waals surface area contributed by atoms with E-state index < -0.39 is 8.69 Å². The molecule has 0 aromatic heterocycles. The summed E-state index contributed by atoms with van der Waals surface area (Å²) >= 11 is -0.234. The Morgan fingerprint density at radius 1 is 0.812 bits per heavy atom. The van der Waals surface area contributed by atoms with Gasteiger partial charge in [0, 0.05) is 0 Å². The van der Waals surface area contributed by atoms with E-state index in [1.54, 1.807) is 0 Å². The van der Waals surface area contributed by atoms with Crippen molar-refractivity contribution in [3.8, 4) is 0 Å². The Balaban J connectivity index is 0.000000386. The van der Waals surface area contributed by atoms with Crippen LogP contribution in [0.2, 0.25) is 0 Å². The topological polar surface area (TPSA) is 37.3 Å². The molecule has 78 valence electrons. The van der Waals surface area contributed by atoms with Crippen LogP contribution in [-0.2, 0) is 4.57 Å². The van der Waals surface area contributed by atoms with Crippen LogP contribution in [0.4, 0.5) is 0 Å². The third-order valence-corrected chi connectivity index (χ3v) is 3.85. The van der Waals surface area contributed by atoms with Gasteiger partial charge in [-0.1, -0.05) is 60.7 Å². The quantitative estimate of drug-likeness (QED) is 0.640. The van der Waals surface area contributed by atoms with E-state index in [1.165, 1.54) is 7.39 Å². The largest absolute Gasteiger partial charge is 0.450 e. The standard InChI is InChI=1S/2C6H5.Mg.HO2P/c2*1-2-4-6-5-3-1;;1-3-2/h2*1-5H;;(H,1,2). The number of hydrogen-bond acceptors (Lipinski definition) is 1. The molecule has 1 N–H and O–H groups in total. The second-order valence-electron chi connectivity index (χ2n) is 3.23. The van der Waals surface area contributed by atoms with Crippen LogP contribution in [-0.4, -0.2) is 25.3 Å². The molecule has 0 radical (unpaired) electrons. The Morgan fingerprint density at radius 3 is 1.44 bits per heavy atom. The molecule has 2 aromatic carbocycles. The molecule has 0 spiro atoms. The van der Waals surface area contributed by atoms with Crippen LogP contribution < -0.4 is 7.39 Å². The molecule has 2 aromatic rings. The third-order valence-electron chi connectivity index (χ3n) is 2.09. The van der Waals surface area contributed by atoms with Crippen LogP contribution in [0.15, 0.2) is 60.7 Å². The zero-order valence-corrected chi connectivity index (χ0v) is 11.1. The van der Waals surface area contributed by atoms with Crippen molar-refractivity contribution in [2.24, 2.45) is 0 Å². The summed E-state index contributed by atoms with van der Waals surface area (Å²) < 4.78 is 11.5. The zero-order chi connectivity index (χ0) is 11.6. The van der Waals surface area contributed by atoms with Crippen LogP contribution >= 0.6 is 8.69 Å². The lowest BCUT2D eigenvalue weighted by Gasteiger charge is -1.98. The Labute approximate surface area is 106 Å². The Morgan fingerprint density at radius 2 is 1.12 bits per heavy atom. The molecule has 0 bridgehead atoms. The minimum absolute atomic E-state index is 0.234. The number of hydrogen-bond donors (Lipinski definition) is 1. The van der Waals surface area contributed by atoms with Crippen molar-refractivity contribution in [3.05, 3.63) is 60.7 Å². The molecule has 2 nitrogen and oxygen atoms in total. The van der Waals surface area contributed by atoms with E-state index in [-0.39, 0.29) is 20.4 Å². The highest BCUT2D eigenvalue weighted by atomic mass is 31.1. The maximum atomic E-state index is 8.46. The highest BCUT2D eigenvalue weighted by molar-refractivity contribution is 7.16. The normalized spacial score (nSPS) is 8.81. The average Bonchev–Trinajstić information content (AvgIpc) is 2.33. The van der Waals surface area contributed by atoms with Crippen LogP contribution in [0.5, 0.6) is 0 Å². The molecule has 0 saturated carbocycles. The van der Waals surface area contributed by atoms with E-state index in [1.807, 2.05) is 0 Å². The fourth-order valence-electron chi connectivity index (χ4n) is 1.43. The molecule has 0 heterocycles. The van der Waals surface area contributed by atoms with Crippen molar-refractivity contribution in [1.82, 2.24) is 0 Å². The Bertz CT molecular complexity index is 368. The highest BCUT2D eigenvalue weighted by Crippen LogP contribution is 1.84. The molecule has 0 saturated heterocycles. The van der Waals surface area contributed by atoms with E-state index in [2.05, 4.69) is 60.7 Å². The Hall–Kier alpha value is -0.734. The molecule has 16 heavy (non-hydrogen) atoms. The number of benzene rings is 2. The van der Waals surface area contributed by atoms with E-state index in [0.29, 0.717) is 0 Å².